The average Bonchev–Trinajstić information content (AvgIpc) is 3.06. The Morgan fingerprint density at radius 1 is 1.02 bits per heavy atom. The fraction of sp³-hybridized carbons (Fsp3) is 0.778. The topological polar surface area (TPSA) is 181 Å². The standard InChI is InChI=1S/C36H61N3O10/c1-11-27-36(8,46)30(42)24(6)37-19-20(2)18-35(7,45)31(22(4)28(40)23(5)32(43)48-27)49-33-29(41)26(17-21(3)47-33)39(10)34(44)38(9)25-15-13-12-14-16-25/h12-16,20-24,26-31,33,37,40-42,45-46H,11,17-19H2,1-10H3/t20-,21-,22+,23-,24-,26+,27-,28+,29-,30-,31-,33+,35-,36-/m1/s1. The summed E-state index contributed by atoms with van der Waals surface area (Å²) in [5.74, 6) is -2.97. The van der Waals surface area contributed by atoms with E-state index in [9.17, 15) is 35.1 Å². The van der Waals surface area contributed by atoms with Crippen molar-refractivity contribution in [3.05, 3.63) is 30.3 Å². The molecule has 2 aliphatic rings. The molecule has 49 heavy (non-hydrogen) atoms. The van der Waals surface area contributed by atoms with Gasteiger partial charge in [0.25, 0.3) is 0 Å². The lowest BCUT2D eigenvalue weighted by atomic mass is 9.78. The molecule has 0 bridgehead atoms. The molecular formula is C36H61N3O10. The number of carbonyl (C=O) groups is 2. The highest BCUT2D eigenvalue weighted by Crippen LogP contribution is 2.36. The Morgan fingerprint density at radius 3 is 2.22 bits per heavy atom. The normalized spacial score (nSPS) is 41.6. The number of hydrogen-bond donors (Lipinski definition) is 6. The van der Waals surface area contributed by atoms with Crippen LogP contribution in [-0.4, -0.2) is 129 Å². The van der Waals surface area contributed by atoms with E-state index < -0.39 is 84.0 Å². The number of amides is 2. The Balaban J connectivity index is 1.94. The molecule has 13 nitrogen and oxygen atoms in total. The molecule has 13 heteroatoms. The van der Waals surface area contributed by atoms with Crippen molar-refractivity contribution < 1.29 is 49.3 Å². The Morgan fingerprint density at radius 2 is 1.63 bits per heavy atom. The summed E-state index contributed by atoms with van der Waals surface area (Å²) in [6.07, 6.45) is -7.24. The smallest absolute Gasteiger partial charge is 0.324 e. The summed E-state index contributed by atoms with van der Waals surface area (Å²) in [5, 5.41) is 60.9. The molecule has 0 spiro atoms. The third-order valence-corrected chi connectivity index (χ3v) is 10.5. The second kappa shape index (κ2) is 16.8. The number of para-hydroxylation sites is 1. The molecule has 0 aromatic heterocycles. The molecule has 3 rings (SSSR count). The van der Waals surface area contributed by atoms with Gasteiger partial charge in [0.2, 0.25) is 0 Å². The van der Waals surface area contributed by atoms with Crippen molar-refractivity contribution in [3.8, 4) is 0 Å². The van der Waals surface area contributed by atoms with Crippen LogP contribution >= 0.6 is 0 Å². The fourth-order valence-corrected chi connectivity index (χ4v) is 7.37. The third kappa shape index (κ3) is 9.50. The Bertz CT molecular complexity index is 1220. The predicted octanol–water partition coefficient (Wildman–Crippen LogP) is 2.26. The molecule has 280 valence electrons. The van der Waals surface area contributed by atoms with Crippen LogP contribution in [0.3, 0.4) is 0 Å². The van der Waals surface area contributed by atoms with Gasteiger partial charge in [0.15, 0.2) is 6.29 Å². The number of rotatable bonds is 5. The van der Waals surface area contributed by atoms with Gasteiger partial charge in [-0.1, -0.05) is 39.0 Å². The number of hydrogen-bond acceptors (Lipinski definition) is 11. The molecule has 2 amide bonds. The maximum absolute atomic E-state index is 13.5. The molecule has 2 saturated heterocycles. The number of aliphatic hydroxyl groups excluding tert-OH is 3. The summed E-state index contributed by atoms with van der Waals surface area (Å²) in [6.45, 7) is 13.7. The summed E-state index contributed by atoms with van der Waals surface area (Å²) >= 11 is 0. The molecule has 0 aliphatic carbocycles. The van der Waals surface area contributed by atoms with Crippen molar-refractivity contribution in [1.29, 1.82) is 0 Å². The van der Waals surface area contributed by atoms with Crippen molar-refractivity contribution in [2.45, 2.75) is 141 Å². The Labute approximate surface area is 291 Å². The van der Waals surface area contributed by atoms with Gasteiger partial charge in [-0.2, -0.15) is 0 Å². The molecule has 2 fully saturated rings. The number of benzene rings is 1. The van der Waals surface area contributed by atoms with Gasteiger partial charge in [0.1, 0.15) is 23.9 Å². The SMILES string of the molecule is CC[C@H]1OC(=O)[C@H](C)[C@@H](O)[C@H](C)[C@@H](O[C@@H]2O[C@H](C)C[C@H](N(C)C(=O)N(C)c3ccccc3)[C@H]2O)[C@](C)(O)C[C@@H](C)CN[C@H](C)[C@@H](O)[C@]1(C)O. The van der Waals surface area contributed by atoms with E-state index in [-0.39, 0.29) is 24.8 Å². The third-order valence-electron chi connectivity index (χ3n) is 10.5. The molecule has 0 saturated carbocycles. The van der Waals surface area contributed by atoms with Gasteiger partial charge in [-0.3, -0.25) is 9.69 Å². The molecular weight excluding hydrogens is 634 g/mol. The highest BCUT2D eigenvalue weighted by atomic mass is 16.7. The molecule has 2 aliphatic heterocycles. The molecule has 1 aromatic rings. The van der Waals surface area contributed by atoms with E-state index in [0.717, 1.165) is 0 Å². The number of carbonyl (C=O) groups excluding carboxylic acids is 2. The van der Waals surface area contributed by atoms with Crippen LogP contribution in [-0.2, 0) is 19.0 Å². The molecule has 0 radical (unpaired) electrons. The summed E-state index contributed by atoms with van der Waals surface area (Å²) in [7, 11) is 3.26. The van der Waals surface area contributed by atoms with Crippen LogP contribution in [0.4, 0.5) is 10.5 Å². The highest BCUT2D eigenvalue weighted by Gasteiger charge is 2.50. The first kappa shape index (κ1) is 41.1. The van der Waals surface area contributed by atoms with Crippen molar-refractivity contribution >= 4 is 17.7 Å². The van der Waals surface area contributed by atoms with E-state index in [0.29, 0.717) is 18.7 Å². The highest BCUT2D eigenvalue weighted by molar-refractivity contribution is 5.91. The minimum Gasteiger partial charge on any atom is -0.459 e. The Hall–Kier alpha value is -2.36. The van der Waals surface area contributed by atoms with Gasteiger partial charge >= 0.3 is 12.0 Å². The molecule has 6 N–H and O–H groups in total. The zero-order valence-electron chi connectivity index (χ0n) is 30.8. The van der Waals surface area contributed by atoms with Crippen LogP contribution in [0.5, 0.6) is 0 Å². The number of likely N-dealkylation sites (N-methyl/N-ethyl adjacent to an activating group) is 1. The van der Waals surface area contributed by atoms with E-state index in [1.54, 1.807) is 41.8 Å². The maximum Gasteiger partial charge on any atom is 0.324 e. The summed E-state index contributed by atoms with van der Waals surface area (Å²) in [5.41, 5.74) is -2.72. The van der Waals surface area contributed by atoms with Gasteiger partial charge in [-0.25, -0.2) is 4.79 Å². The van der Waals surface area contributed by atoms with E-state index in [2.05, 4.69) is 5.32 Å². The predicted molar refractivity (Wildman–Crippen MR) is 185 cm³/mol. The summed E-state index contributed by atoms with van der Waals surface area (Å²) in [4.78, 5) is 29.9. The lowest BCUT2D eigenvalue weighted by molar-refractivity contribution is -0.298. The number of nitrogens with zero attached hydrogens (tertiary/aromatic N) is 2. The molecule has 14 atom stereocenters. The van der Waals surface area contributed by atoms with Gasteiger partial charge in [0, 0.05) is 31.7 Å². The summed E-state index contributed by atoms with van der Waals surface area (Å²) in [6, 6.07) is 7.49. The summed E-state index contributed by atoms with van der Waals surface area (Å²) < 4.78 is 18.2. The van der Waals surface area contributed by atoms with Crippen molar-refractivity contribution in [2.75, 3.05) is 25.5 Å². The van der Waals surface area contributed by atoms with Crippen LogP contribution in [0, 0.1) is 17.8 Å². The number of esters is 1. The Kier molecular flexibility index (Phi) is 14.1. The largest absolute Gasteiger partial charge is 0.459 e. The first-order valence-corrected chi connectivity index (χ1v) is 17.5. The van der Waals surface area contributed by atoms with Gasteiger partial charge < -0.3 is 50.0 Å². The second-order valence-electron chi connectivity index (χ2n) is 15.0. The number of ether oxygens (including phenoxy) is 3. The van der Waals surface area contributed by atoms with E-state index >= 15 is 0 Å². The number of anilines is 1. The van der Waals surface area contributed by atoms with Crippen molar-refractivity contribution in [2.24, 2.45) is 17.8 Å². The monoisotopic (exact) mass is 695 g/mol. The minimum absolute atomic E-state index is 0.166. The van der Waals surface area contributed by atoms with E-state index in [1.165, 1.54) is 23.6 Å². The lowest BCUT2D eigenvalue weighted by Gasteiger charge is -2.47. The average molecular weight is 696 g/mol. The van der Waals surface area contributed by atoms with Crippen LogP contribution in [0.15, 0.2) is 30.3 Å². The van der Waals surface area contributed by atoms with Crippen LogP contribution in [0.2, 0.25) is 0 Å². The minimum atomic E-state index is -1.79. The molecule has 1 aromatic carbocycles. The zero-order valence-corrected chi connectivity index (χ0v) is 30.8. The van der Waals surface area contributed by atoms with Gasteiger partial charge in [0.05, 0.1) is 35.9 Å². The first-order chi connectivity index (χ1) is 22.7. The van der Waals surface area contributed by atoms with Crippen molar-refractivity contribution in [3.63, 3.8) is 0 Å². The van der Waals surface area contributed by atoms with Crippen LogP contribution in [0.1, 0.15) is 74.7 Å². The van der Waals surface area contributed by atoms with Crippen molar-refractivity contribution in [1.82, 2.24) is 10.2 Å². The van der Waals surface area contributed by atoms with Crippen LogP contribution < -0.4 is 10.2 Å². The number of cyclic esters (lactones) is 1. The number of nitrogens with one attached hydrogen (secondary N) is 1. The second-order valence-corrected chi connectivity index (χ2v) is 15.0. The maximum atomic E-state index is 13.5. The number of urea groups is 1. The van der Waals surface area contributed by atoms with E-state index in [1.807, 2.05) is 44.2 Å². The number of aliphatic hydroxyl groups is 5. The van der Waals surface area contributed by atoms with Gasteiger partial charge in [-0.15, -0.1) is 0 Å². The zero-order chi connectivity index (χ0) is 37.0. The van der Waals surface area contributed by atoms with Crippen LogP contribution in [0.25, 0.3) is 0 Å². The quantitative estimate of drug-likeness (QED) is 0.249. The molecule has 0 unspecified atom stereocenters. The van der Waals surface area contributed by atoms with E-state index in [4.69, 9.17) is 14.2 Å². The fourth-order valence-electron chi connectivity index (χ4n) is 7.37. The van der Waals surface area contributed by atoms with Gasteiger partial charge in [-0.05, 0) is 78.5 Å². The molecule has 2 heterocycles. The first-order valence-electron chi connectivity index (χ1n) is 17.5. The lowest BCUT2D eigenvalue weighted by Crippen LogP contribution is -2.61.